The zero-order valence-corrected chi connectivity index (χ0v) is 13.0. The molecule has 118 valence electrons. The molecule has 1 aromatic rings. The number of likely N-dealkylation sites (tertiary alicyclic amines) is 1. The summed E-state index contributed by atoms with van der Waals surface area (Å²) in [7, 11) is 1.36. The highest BCUT2D eigenvalue weighted by Crippen LogP contribution is 2.23. The lowest BCUT2D eigenvalue weighted by Gasteiger charge is -2.33. The summed E-state index contributed by atoms with van der Waals surface area (Å²) in [6.45, 7) is 2.78. The number of carbonyl (C=O) groups excluding carboxylic acids is 2. The molecule has 1 atom stereocenters. The van der Waals surface area contributed by atoms with Crippen LogP contribution >= 0.6 is 0 Å². The molecule has 1 fully saturated rings. The van der Waals surface area contributed by atoms with E-state index in [9.17, 15) is 9.59 Å². The Morgan fingerprint density at radius 3 is 2.68 bits per heavy atom. The van der Waals surface area contributed by atoms with E-state index >= 15 is 0 Å². The quantitative estimate of drug-likeness (QED) is 0.636. The first-order valence-electron chi connectivity index (χ1n) is 7.35. The van der Waals surface area contributed by atoms with Crippen LogP contribution in [-0.4, -0.2) is 36.7 Å². The van der Waals surface area contributed by atoms with Crippen molar-refractivity contribution in [2.45, 2.75) is 32.4 Å². The van der Waals surface area contributed by atoms with Gasteiger partial charge in [0.05, 0.1) is 7.11 Å². The molecule has 1 aromatic carbocycles. The smallest absolute Gasteiger partial charge is 0.410 e. The molecule has 0 aromatic heterocycles. The van der Waals surface area contributed by atoms with Gasteiger partial charge in [-0.2, -0.15) is 0 Å². The van der Waals surface area contributed by atoms with Gasteiger partial charge in [-0.05, 0) is 25.3 Å². The number of amides is 1. The summed E-state index contributed by atoms with van der Waals surface area (Å²) in [4.78, 5) is 25.1. The summed E-state index contributed by atoms with van der Waals surface area (Å²) in [5.74, 6) is -0.345. The largest absolute Gasteiger partial charge is 0.466 e. The van der Waals surface area contributed by atoms with Crippen LogP contribution in [-0.2, 0) is 20.9 Å². The van der Waals surface area contributed by atoms with Crippen molar-refractivity contribution in [3.63, 3.8) is 0 Å². The van der Waals surface area contributed by atoms with Crippen molar-refractivity contribution in [3.05, 3.63) is 47.5 Å². The van der Waals surface area contributed by atoms with Crippen LogP contribution in [0.2, 0.25) is 0 Å². The molecule has 5 heteroatoms. The number of benzene rings is 1. The molecule has 1 amide bonds. The number of esters is 1. The summed E-state index contributed by atoms with van der Waals surface area (Å²) in [5.41, 5.74) is 1.97. The molecule has 5 nitrogen and oxygen atoms in total. The number of rotatable bonds is 3. The minimum atomic E-state index is -0.345. The third kappa shape index (κ3) is 4.35. The van der Waals surface area contributed by atoms with E-state index < -0.39 is 0 Å². The first kappa shape index (κ1) is 16.1. The molecule has 2 rings (SSSR count). The van der Waals surface area contributed by atoms with E-state index in [1.165, 1.54) is 13.2 Å². The average molecular weight is 303 g/mol. The lowest BCUT2D eigenvalue weighted by Crippen LogP contribution is -2.43. The van der Waals surface area contributed by atoms with Crippen molar-refractivity contribution in [1.29, 1.82) is 0 Å². The van der Waals surface area contributed by atoms with E-state index in [2.05, 4.69) is 4.74 Å². The first-order chi connectivity index (χ1) is 10.6. The summed E-state index contributed by atoms with van der Waals surface area (Å²) < 4.78 is 9.98. The van der Waals surface area contributed by atoms with Gasteiger partial charge in [-0.1, -0.05) is 35.9 Å². The van der Waals surface area contributed by atoms with Crippen LogP contribution in [0.15, 0.2) is 42.0 Å². The van der Waals surface area contributed by atoms with Crippen molar-refractivity contribution in [2.24, 2.45) is 0 Å². The van der Waals surface area contributed by atoms with Gasteiger partial charge >= 0.3 is 12.1 Å². The SMILES string of the molecule is COC(=O)/C=C1\CCN(C(=O)OCc2ccccc2)[C@H](C)C1. The standard InChI is InChI=1S/C17H21NO4/c1-13-10-15(11-16(19)21-2)8-9-18(13)17(20)22-12-14-6-4-3-5-7-14/h3-7,11,13H,8-10,12H2,1-2H3/b15-11+/t13-/m1/s1. The number of carbonyl (C=O) groups is 2. The molecule has 0 saturated carbocycles. The highest BCUT2D eigenvalue weighted by molar-refractivity contribution is 5.82. The van der Waals surface area contributed by atoms with E-state index in [0.29, 0.717) is 19.4 Å². The molecule has 0 spiro atoms. The summed E-state index contributed by atoms with van der Waals surface area (Å²) >= 11 is 0. The van der Waals surface area contributed by atoms with Gasteiger partial charge in [0.15, 0.2) is 0 Å². The third-order valence-corrected chi connectivity index (χ3v) is 3.73. The van der Waals surface area contributed by atoms with Crippen LogP contribution in [0.4, 0.5) is 4.79 Å². The van der Waals surface area contributed by atoms with Crippen LogP contribution in [0, 0.1) is 0 Å². The fourth-order valence-electron chi connectivity index (χ4n) is 2.51. The molecule has 22 heavy (non-hydrogen) atoms. The Hall–Kier alpha value is -2.30. The van der Waals surface area contributed by atoms with E-state index in [0.717, 1.165) is 11.1 Å². The van der Waals surface area contributed by atoms with Gasteiger partial charge in [0.1, 0.15) is 6.61 Å². The molecule has 0 unspecified atom stereocenters. The number of hydrogen-bond donors (Lipinski definition) is 0. The summed E-state index contributed by atoms with van der Waals surface area (Å²) in [6, 6.07) is 9.60. The molecule has 0 bridgehead atoms. The molecule has 1 heterocycles. The van der Waals surface area contributed by atoms with E-state index in [1.807, 2.05) is 37.3 Å². The third-order valence-electron chi connectivity index (χ3n) is 3.73. The van der Waals surface area contributed by atoms with Gasteiger partial charge in [0.2, 0.25) is 0 Å². The maximum atomic E-state index is 12.2. The van der Waals surface area contributed by atoms with Gasteiger partial charge in [-0.3, -0.25) is 0 Å². The van der Waals surface area contributed by atoms with E-state index in [-0.39, 0.29) is 24.7 Å². The maximum absolute atomic E-state index is 12.2. The number of hydrogen-bond acceptors (Lipinski definition) is 4. The van der Waals surface area contributed by atoms with Gasteiger partial charge in [-0.15, -0.1) is 0 Å². The van der Waals surface area contributed by atoms with Crippen molar-refractivity contribution >= 4 is 12.1 Å². The Kier molecular flexibility index (Phi) is 5.58. The number of nitrogens with zero attached hydrogens (tertiary/aromatic N) is 1. The van der Waals surface area contributed by atoms with Gasteiger partial charge in [0.25, 0.3) is 0 Å². The zero-order chi connectivity index (χ0) is 15.9. The van der Waals surface area contributed by atoms with Gasteiger partial charge in [0, 0.05) is 18.7 Å². The highest BCUT2D eigenvalue weighted by Gasteiger charge is 2.27. The summed E-state index contributed by atoms with van der Waals surface area (Å²) in [5, 5.41) is 0. The van der Waals surface area contributed by atoms with Crippen LogP contribution in [0.3, 0.4) is 0 Å². The Balaban J connectivity index is 1.87. The van der Waals surface area contributed by atoms with Crippen LogP contribution in [0.1, 0.15) is 25.3 Å². The second-order valence-corrected chi connectivity index (χ2v) is 5.36. The van der Waals surface area contributed by atoms with Crippen LogP contribution in [0.25, 0.3) is 0 Å². The van der Waals surface area contributed by atoms with Crippen LogP contribution < -0.4 is 0 Å². The number of piperidine rings is 1. The van der Waals surface area contributed by atoms with Crippen LogP contribution in [0.5, 0.6) is 0 Å². The minimum Gasteiger partial charge on any atom is -0.466 e. The lowest BCUT2D eigenvalue weighted by atomic mass is 9.98. The second-order valence-electron chi connectivity index (χ2n) is 5.36. The Morgan fingerprint density at radius 2 is 2.05 bits per heavy atom. The monoisotopic (exact) mass is 303 g/mol. The van der Waals surface area contributed by atoms with E-state index in [4.69, 9.17) is 4.74 Å². The predicted octanol–water partition coefficient (Wildman–Crippen LogP) is 2.91. The second kappa shape index (κ2) is 7.64. The molecule has 0 aliphatic carbocycles. The maximum Gasteiger partial charge on any atom is 0.410 e. The normalized spacial score (nSPS) is 19.8. The molecule has 1 aliphatic heterocycles. The highest BCUT2D eigenvalue weighted by atomic mass is 16.6. The van der Waals surface area contributed by atoms with E-state index in [1.54, 1.807) is 4.90 Å². The van der Waals surface area contributed by atoms with Gasteiger partial charge in [-0.25, -0.2) is 9.59 Å². The molecule has 1 aliphatic rings. The van der Waals surface area contributed by atoms with Crippen molar-refractivity contribution in [1.82, 2.24) is 4.90 Å². The van der Waals surface area contributed by atoms with Crippen molar-refractivity contribution in [2.75, 3.05) is 13.7 Å². The Labute approximate surface area is 130 Å². The fourth-order valence-corrected chi connectivity index (χ4v) is 2.51. The molecule has 0 N–H and O–H groups in total. The fraction of sp³-hybridized carbons (Fsp3) is 0.412. The predicted molar refractivity (Wildman–Crippen MR) is 82.1 cm³/mol. The zero-order valence-electron chi connectivity index (χ0n) is 13.0. The molecule has 0 radical (unpaired) electrons. The topological polar surface area (TPSA) is 55.8 Å². The van der Waals surface area contributed by atoms with Crippen molar-refractivity contribution in [3.8, 4) is 0 Å². The van der Waals surface area contributed by atoms with Gasteiger partial charge < -0.3 is 14.4 Å². The van der Waals surface area contributed by atoms with Crippen molar-refractivity contribution < 1.29 is 19.1 Å². The first-order valence-corrected chi connectivity index (χ1v) is 7.35. The minimum absolute atomic E-state index is 0.00734. The average Bonchev–Trinajstić information content (AvgIpc) is 2.53. The number of methoxy groups -OCH3 is 1. The molecule has 1 saturated heterocycles. The molecular formula is C17H21NO4. The number of ether oxygens (including phenoxy) is 2. The lowest BCUT2D eigenvalue weighted by molar-refractivity contribution is -0.134. The molecular weight excluding hydrogens is 282 g/mol. The Bertz CT molecular complexity index is 553. The summed E-state index contributed by atoms with van der Waals surface area (Å²) in [6.07, 6.45) is 2.53. The Morgan fingerprint density at radius 1 is 1.32 bits per heavy atom.